The monoisotopic (exact) mass is 247 g/mol. The second-order valence-corrected chi connectivity index (χ2v) is 5.58. The van der Waals surface area contributed by atoms with Gasteiger partial charge in [-0.1, -0.05) is 17.7 Å². The molecule has 1 aromatic rings. The third-order valence-electron chi connectivity index (χ3n) is 4.22. The van der Waals surface area contributed by atoms with Crippen molar-refractivity contribution < 1.29 is 9.90 Å². The molecule has 0 spiro atoms. The average molecular weight is 247 g/mol. The van der Waals surface area contributed by atoms with Gasteiger partial charge >= 0.3 is 5.97 Å². The summed E-state index contributed by atoms with van der Waals surface area (Å²) in [6, 6.07) is 6.16. The number of carboxylic acid groups (broad SMARTS) is 1. The Labute approximate surface area is 108 Å². The van der Waals surface area contributed by atoms with Crippen LogP contribution in [0.25, 0.3) is 0 Å². The zero-order valence-electron chi connectivity index (χ0n) is 11.5. The number of hydrogen-bond acceptors (Lipinski definition) is 2. The molecule has 0 aliphatic heterocycles. The largest absolute Gasteiger partial charge is 0.479 e. The summed E-state index contributed by atoms with van der Waals surface area (Å²) < 4.78 is 0. The van der Waals surface area contributed by atoms with E-state index in [1.54, 1.807) is 0 Å². The molecule has 0 aromatic heterocycles. The van der Waals surface area contributed by atoms with Gasteiger partial charge in [-0.05, 0) is 51.2 Å². The van der Waals surface area contributed by atoms with E-state index in [0.717, 1.165) is 24.1 Å². The molecule has 3 heteroatoms. The van der Waals surface area contributed by atoms with Crippen molar-refractivity contribution in [3.05, 3.63) is 29.3 Å². The molecule has 1 aromatic carbocycles. The van der Waals surface area contributed by atoms with Crippen LogP contribution in [0, 0.1) is 19.8 Å². The summed E-state index contributed by atoms with van der Waals surface area (Å²) >= 11 is 0. The Bertz CT molecular complexity index is 479. The van der Waals surface area contributed by atoms with Crippen LogP contribution in [0.1, 0.15) is 30.9 Å². The van der Waals surface area contributed by atoms with Gasteiger partial charge in [-0.25, -0.2) is 4.79 Å². The molecule has 1 N–H and O–H groups in total. The Morgan fingerprint density at radius 1 is 1.39 bits per heavy atom. The highest BCUT2D eigenvalue weighted by atomic mass is 16.4. The number of carbonyl (C=O) groups is 1. The minimum Gasteiger partial charge on any atom is -0.479 e. The van der Waals surface area contributed by atoms with Crippen LogP contribution in [0.2, 0.25) is 0 Å². The van der Waals surface area contributed by atoms with Gasteiger partial charge in [-0.15, -0.1) is 0 Å². The molecule has 1 fully saturated rings. The van der Waals surface area contributed by atoms with Crippen molar-refractivity contribution in [1.29, 1.82) is 0 Å². The minimum absolute atomic E-state index is 0.265. The molecular formula is C15H21NO2. The number of nitrogens with zero attached hydrogens (tertiary/aromatic N) is 1. The summed E-state index contributed by atoms with van der Waals surface area (Å²) in [5.41, 5.74) is 2.55. The van der Waals surface area contributed by atoms with E-state index in [0.29, 0.717) is 0 Å². The Morgan fingerprint density at radius 2 is 2.00 bits per heavy atom. The first kappa shape index (κ1) is 12.9. The van der Waals surface area contributed by atoms with E-state index < -0.39 is 11.5 Å². The molecule has 0 amide bonds. The van der Waals surface area contributed by atoms with Gasteiger partial charge in [0.05, 0.1) is 0 Å². The smallest absolute Gasteiger partial charge is 0.329 e. The lowest BCUT2D eigenvalue weighted by Gasteiger charge is -2.38. The van der Waals surface area contributed by atoms with E-state index in [4.69, 9.17) is 0 Å². The van der Waals surface area contributed by atoms with Gasteiger partial charge in [0.15, 0.2) is 0 Å². The zero-order chi connectivity index (χ0) is 13.5. The van der Waals surface area contributed by atoms with Crippen molar-refractivity contribution in [1.82, 2.24) is 0 Å². The first-order valence-electron chi connectivity index (χ1n) is 6.42. The van der Waals surface area contributed by atoms with Gasteiger partial charge in [0, 0.05) is 12.7 Å². The molecule has 98 valence electrons. The molecule has 1 unspecified atom stereocenters. The van der Waals surface area contributed by atoms with Crippen LogP contribution in [0.4, 0.5) is 5.69 Å². The molecule has 1 atom stereocenters. The number of carboxylic acids is 1. The Hall–Kier alpha value is -1.51. The van der Waals surface area contributed by atoms with Gasteiger partial charge in [0.1, 0.15) is 5.54 Å². The van der Waals surface area contributed by atoms with Crippen LogP contribution in [-0.2, 0) is 4.79 Å². The van der Waals surface area contributed by atoms with Crippen molar-refractivity contribution in [3.8, 4) is 0 Å². The van der Waals surface area contributed by atoms with E-state index >= 15 is 0 Å². The lowest BCUT2D eigenvalue weighted by Crippen LogP contribution is -2.53. The number of rotatable bonds is 4. The van der Waals surface area contributed by atoms with Crippen LogP contribution < -0.4 is 4.90 Å². The van der Waals surface area contributed by atoms with Crippen molar-refractivity contribution in [2.45, 2.75) is 39.2 Å². The number of anilines is 1. The maximum atomic E-state index is 11.7. The predicted octanol–water partition coefficient (Wildman–Crippen LogP) is 2.99. The zero-order valence-corrected chi connectivity index (χ0v) is 11.5. The van der Waals surface area contributed by atoms with E-state index in [-0.39, 0.29) is 5.92 Å². The number of aryl methyl sites for hydroxylation is 2. The maximum Gasteiger partial charge on any atom is 0.329 e. The molecule has 0 bridgehead atoms. The van der Waals surface area contributed by atoms with Crippen LogP contribution in [-0.4, -0.2) is 23.7 Å². The standard InChI is InChI=1S/C15H21NO2/c1-10-5-8-13(11(2)9-10)16(4)15(3,14(17)18)12-6-7-12/h5,8-9,12H,6-7H2,1-4H3,(H,17,18). The second kappa shape index (κ2) is 4.30. The molecule has 0 radical (unpaired) electrons. The van der Waals surface area contributed by atoms with Crippen molar-refractivity contribution in [2.24, 2.45) is 5.92 Å². The van der Waals surface area contributed by atoms with Gasteiger partial charge in [0.2, 0.25) is 0 Å². The number of likely N-dealkylation sites (N-methyl/N-ethyl adjacent to an activating group) is 1. The lowest BCUT2D eigenvalue weighted by atomic mass is 9.92. The van der Waals surface area contributed by atoms with E-state index in [2.05, 4.69) is 6.07 Å². The number of hydrogen-bond donors (Lipinski definition) is 1. The maximum absolute atomic E-state index is 11.7. The molecule has 1 aliphatic carbocycles. The fourth-order valence-corrected chi connectivity index (χ4v) is 2.67. The van der Waals surface area contributed by atoms with Gasteiger partial charge in [0.25, 0.3) is 0 Å². The van der Waals surface area contributed by atoms with Crippen LogP contribution >= 0.6 is 0 Å². The summed E-state index contributed by atoms with van der Waals surface area (Å²) in [4.78, 5) is 13.6. The average Bonchev–Trinajstić information content (AvgIpc) is 3.10. The quantitative estimate of drug-likeness (QED) is 0.889. The van der Waals surface area contributed by atoms with Crippen molar-refractivity contribution >= 4 is 11.7 Å². The lowest BCUT2D eigenvalue weighted by molar-refractivity contribution is -0.143. The Morgan fingerprint density at radius 3 is 2.44 bits per heavy atom. The summed E-state index contributed by atoms with van der Waals surface area (Å²) in [5, 5.41) is 9.58. The molecule has 1 saturated carbocycles. The molecule has 0 heterocycles. The van der Waals surface area contributed by atoms with Crippen molar-refractivity contribution in [2.75, 3.05) is 11.9 Å². The molecule has 0 saturated heterocycles. The van der Waals surface area contributed by atoms with Gasteiger partial charge in [-0.2, -0.15) is 0 Å². The summed E-state index contributed by atoms with van der Waals surface area (Å²) in [5.74, 6) is -0.465. The van der Waals surface area contributed by atoms with Gasteiger partial charge < -0.3 is 10.0 Å². The van der Waals surface area contributed by atoms with Gasteiger partial charge in [-0.3, -0.25) is 0 Å². The second-order valence-electron chi connectivity index (χ2n) is 5.58. The summed E-state index contributed by atoms with van der Waals surface area (Å²) in [6.45, 7) is 5.92. The van der Waals surface area contributed by atoms with Crippen molar-refractivity contribution in [3.63, 3.8) is 0 Å². The molecule has 3 nitrogen and oxygen atoms in total. The highest BCUT2D eigenvalue weighted by Gasteiger charge is 2.50. The fourth-order valence-electron chi connectivity index (χ4n) is 2.67. The van der Waals surface area contributed by atoms with Crippen LogP contribution in [0.15, 0.2) is 18.2 Å². The predicted molar refractivity (Wildman–Crippen MR) is 73.1 cm³/mol. The molecule has 18 heavy (non-hydrogen) atoms. The van der Waals surface area contributed by atoms with E-state index in [1.165, 1.54) is 5.56 Å². The highest BCUT2D eigenvalue weighted by molar-refractivity contribution is 5.84. The molecular weight excluding hydrogens is 226 g/mol. The van der Waals surface area contributed by atoms with Crippen LogP contribution in [0.5, 0.6) is 0 Å². The third-order valence-corrected chi connectivity index (χ3v) is 4.22. The van der Waals surface area contributed by atoms with Crippen LogP contribution in [0.3, 0.4) is 0 Å². The van der Waals surface area contributed by atoms with E-state index in [9.17, 15) is 9.90 Å². The topological polar surface area (TPSA) is 40.5 Å². The normalized spacial score (nSPS) is 18.2. The fraction of sp³-hybridized carbons (Fsp3) is 0.533. The Balaban J connectivity index is 2.39. The highest BCUT2D eigenvalue weighted by Crippen LogP contribution is 2.44. The first-order valence-corrected chi connectivity index (χ1v) is 6.42. The summed E-state index contributed by atoms with van der Waals surface area (Å²) in [6.07, 6.45) is 2.02. The number of benzene rings is 1. The van der Waals surface area contributed by atoms with E-state index in [1.807, 2.05) is 44.9 Å². The summed E-state index contributed by atoms with van der Waals surface area (Å²) in [7, 11) is 1.89. The number of aliphatic carboxylic acids is 1. The molecule has 2 rings (SSSR count). The third kappa shape index (κ3) is 1.98. The minimum atomic E-state index is -0.792. The molecule has 1 aliphatic rings. The first-order chi connectivity index (χ1) is 8.37. The Kier molecular flexibility index (Phi) is 3.09. The SMILES string of the molecule is Cc1ccc(N(C)C(C)(C(=O)O)C2CC2)c(C)c1.